The molecule has 0 atom stereocenters. The van der Waals surface area contributed by atoms with E-state index < -0.39 is 5.91 Å². The highest BCUT2D eigenvalue weighted by Gasteiger charge is 2.00. The lowest BCUT2D eigenvalue weighted by atomic mass is 10.3. The molecule has 1 aromatic rings. The van der Waals surface area contributed by atoms with Crippen molar-refractivity contribution in [2.75, 3.05) is 13.6 Å². The number of carbonyl (C=O) groups excluding carboxylic acids is 1. The molecule has 4 nitrogen and oxygen atoms in total. The minimum absolute atomic E-state index is 0.237. The molecule has 0 fully saturated rings. The summed E-state index contributed by atoms with van der Waals surface area (Å²) in [4.78, 5) is 14.8. The predicted octanol–water partition coefficient (Wildman–Crippen LogP) is -0.249. The highest BCUT2D eigenvalue weighted by atomic mass is 16.1. The first kappa shape index (κ1) is 10.2. The van der Waals surface area contributed by atoms with Gasteiger partial charge in [0.25, 0.3) is 5.91 Å². The number of hydrogen-bond donors (Lipinski definition) is 2. The Morgan fingerprint density at radius 3 is 3.07 bits per heavy atom. The highest BCUT2D eigenvalue weighted by molar-refractivity contribution is 5.90. The van der Waals surface area contributed by atoms with Gasteiger partial charge in [0.15, 0.2) is 0 Å². The number of carbonyl (C=O) groups is 1. The minimum atomic E-state index is -0.540. The first-order chi connectivity index (χ1) is 6.74. The van der Waals surface area contributed by atoms with Gasteiger partial charge in [0.1, 0.15) is 11.4 Å². The molecule has 1 amide bonds. The van der Waals surface area contributed by atoms with Crippen LogP contribution in [0.5, 0.6) is 0 Å². The standard InChI is InChI=1S/C10H11N3O/c1-12-7-3-5-8-4-2-6-9(13-8)10(11)14/h2,4,6,12H,7H2,1H3,(H2,11,14). The van der Waals surface area contributed by atoms with Gasteiger partial charge in [-0.1, -0.05) is 12.0 Å². The number of primary amides is 1. The van der Waals surface area contributed by atoms with Gasteiger partial charge in [0.2, 0.25) is 0 Å². The first-order valence-electron chi connectivity index (χ1n) is 4.14. The second kappa shape index (κ2) is 5.00. The Hall–Kier alpha value is -1.86. The summed E-state index contributed by atoms with van der Waals surface area (Å²) in [6.45, 7) is 0.586. The van der Waals surface area contributed by atoms with Gasteiger partial charge in [-0.15, -0.1) is 0 Å². The van der Waals surface area contributed by atoms with Crippen LogP contribution in [0.3, 0.4) is 0 Å². The second-order valence-corrected chi connectivity index (χ2v) is 2.60. The van der Waals surface area contributed by atoms with Crippen LogP contribution in [0.15, 0.2) is 18.2 Å². The van der Waals surface area contributed by atoms with Crippen molar-refractivity contribution in [2.24, 2.45) is 5.73 Å². The van der Waals surface area contributed by atoms with E-state index in [0.29, 0.717) is 12.2 Å². The number of nitrogens with one attached hydrogen (secondary N) is 1. The van der Waals surface area contributed by atoms with Crippen LogP contribution < -0.4 is 11.1 Å². The molecule has 1 rings (SSSR count). The molecule has 0 aromatic carbocycles. The Bertz CT molecular complexity index is 390. The van der Waals surface area contributed by atoms with Crippen LogP contribution in [0.25, 0.3) is 0 Å². The topological polar surface area (TPSA) is 68.0 Å². The SMILES string of the molecule is CNCC#Cc1cccc(C(N)=O)n1. The van der Waals surface area contributed by atoms with Crippen LogP contribution in [-0.2, 0) is 0 Å². The molecule has 0 saturated heterocycles. The van der Waals surface area contributed by atoms with Gasteiger partial charge in [-0.25, -0.2) is 4.98 Å². The van der Waals surface area contributed by atoms with E-state index in [1.165, 1.54) is 0 Å². The molecule has 0 bridgehead atoms. The number of rotatable bonds is 2. The number of aromatic nitrogens is 1. The largest absolute Gasteiger partial charge is 0.364 e. The van der Waals surface area contributed by atoms with Gasteiger partial charge in [-0.3, -0.25) is 4.79 Å². The summed E-state index contributed by atoms with van der Waals surface area (Å²) in [5.41, 5.74) is 5.87. The van der Waals surface area contributed by atoms with E-state index in [-0.39, 0.29) is 5.69 Å². The summed E-state index contributed by atoms with van der Waals surface area (Å²) >= 11 is 0. The van der Waals surface area contributed by atoms with Crippen LogP contribution in [0.1, 0.15) is 16.2 Å². The van der Waals surface area contributed by atoms with Crippen molar-refractivity contribution in [3.05, 3.63) is 29.6 Å². The number of nitrogens with two attached hydrogens (primary N) is 1. The van der Waals surface area contributed by atoms with Gasteiger partial charge in [0.05, 0.1) is 6.54 Å². The van der Waals surface area contributed by atoms with Gasteiger partial charge in [-0.2, -0.15) is 0 Å². The van der Waals surface area contributed by atoms with E-state index in [4.69, 9.17) is 5.73 Å². The summed E-state index contributed by atoms with van der Waals surface area (Å²) in [7, 11) is 1.81. The van der Waals surface area contributed by atoms with Crippen molar-refractivity contribution < 1.29 is 4.79 Å². The van der Waals surface area contributed by atoms with Crippen molar-refractivity contribution in [3.8, 4) is 11.8 Å². The fourth-order valence-corrected chi connectivity index (χ4v) is 0.865. The van der Waals surface area contributed by atoms with Crippen LogP contribution in [0, 0.1) is 11.8 Å². The number of nitrogens with zero attached hydrogens (tertiary/aromatic N) is 1. The number of amides is 1. The molecule has 1 aromatic heterocycles. The molecule has 0 saturated carbocycles. The number of pyridine rings is 1. The maximum Gasteiger partial charge on any atom is 0.267 e. The first-order valence-corrected chi connectivity index (χ1v) is 4.14. The quantitative estimate of drug-likeness (QED) is 0.630. The maximum atomic E-state index is 10.8. The molecular formula is C10H11N3O. The van der Waals surface area contributed by atoms with Crippen LogP contribution >= 0.6 is 0 Å². The van der Waals surface area contributed by atoms with E-state index in [9.17, 15) is 4.79 Å². The normalized spacial score (nSPS) is 8.93. The Balaban J connectivity index is 2.85. The minimum Gasteiger partial charge on any atom is -0.364 e. The Kier molecular flexibility index (Phi) is 3.65. The second-order valence-electron chi connectivity index (χ2n) is 2.60. The van der Waals surface area contributed by atoms with Crippen molar-refractivity contribution in [3.63, 3.8) is 0 Å². The van der Waals surface area contributed by atoms with Gasteiger partial charge in [-0.05, 0) is 25.1 Å². The van der Waals surface area contributed by atoms with E-state index in [1.807, 2.05) is 7.05 Å². The molecule has 14 heavy (non-hydrogen) atoms. The van der Waals surface area contributed by atoms with E-state index >= 15 is 0 Å². The Morgan fingerprint density at radius 1 is 1.64 bits per heavy atom. The van der Waals surface area contributed by atoms with Crippen LogP contribution in [0.4, 0.5) is 0 Å². The van der Waals surface area contributed by atoms with Crippen molar-refractivity contribution in [2.45, 2.75) is 0 Å². The van der Waals surface area contributed by atoms with Crippen LogP contribution in [0.2, 0.25) is 0 Å². The summed E-state index contributed by atoms with van der Waals surface area (Å²) in [6, 6.07) is 5.00. The maximum absolute atomic E-state index is 10.8. The molecule has 1 heterocycles. The predicted molar refractivity (Wildman–Crippen MR) is 53.6 cm³/mol. The Morgan fingerprint density at radius 2 is 2.43 bits per heavy atom. The molecule has 0 aliphatic rings. The van der Waals surface area contributed by atoms with Gasteiger partial charge in [0, 0.05) is 0 Å². The fraction of sp³-hybridized carbons (Fsp3) is 0.200. The third kappa shape index (κ3) is 2.88. The zero-order valence-electron chi connectivity index (χ0n) is 7.87. The van der Waals surface area contributed by atoms with Crippen molar-refractivity contribution in [1.29, 1.82) is 0 Å². The summed E-state index contributed by atoms with van der Waals surface area (Å²) < 4.78 is 0. The molecule has 4 heteroatoms. The molecule has 0 unspecified atom stereocenters. The monoisotopic (exact) mass is 189 g/mol. The molecular weight excluding hydrogens is 178 g/mol. The number of hydrogen-bond acceptors (Lipinski definition) is 3. The fourth-order valence-electron chi connectivity index (χ4n) is 0.865. The molecule has 0 spiro atoms. The smallest absolute Gasteiger partial charge is 0.267 e. The molecule has 0 aliphatic heterocycles. The van der Waals surface area contributed by atoms with Crippen LogP contribution in [-0.4, -0.2) is 24.5 Å². The molecule has 72 valence electrons. The average Bonchev–Trinajstić information content (AvgIpc) is 2.19. The van der Waals surface area contributed by atoms with E-state index in [0.717, 1.165) is 0 Å². The van der Waals surface area contributed by atoms with E-state index in [1.54, 1.807) is 18.2 Å². The third-order valence-electron chi connectivity index (χ3n) is 1.48. The lowest BCUT2D eigenvalue weighted by Gasteiger charge is -1.94. The average molecular weight is 189 g/mol. The summed E-state index contributed by atoms with van der Waals surface area (Å²) in [6.07, 6.45) is 0. The van der Waals surface area contributed by atoms with Crippen molar-refractivity contribution in [1.82, 2.24) is 10.3 Å². The van der Waals surface area contributed by atoms with Gasteiger partial charge >= 0.3 is 0 Å². The molecule has 0 radical (unpaired) electrons. The Labute approximate surface area is 82.5 Å². The zero-order chi connectivity index (χ0) is 10.4. The lowest BCUT2D eigenvalue weighted by molar-refractivity contribution is 0.0995. The zero-order valence-corrected chi connectivity index (χ0v) is 7.87. The molecule has 0 aliphatic carbocycles. The lowest BCUT2D eigenvalue weighted by Crippen LogP contribution is -2.13. The summed E-state index contributed by atoms with van der Waals surface area (Å²) in [5, 5.41) is 2.88. The summed E-state index contributed by atoms with van der Waals surface area (Å²) in [5.74, 6) is 5.11. The third-order valence-corrected chi connectivity index (χ3v) is 1.48. The van der Waals surface area contributed by atoms with Crippen molar-refractivity contribution >= 4 is 5.91 Å². The highest BCUT2D eigenvalue weighted by Crippen LogP contribution is 1.96. The van der Waals surface area contributed by atoms with E-state index in [2.05, 4.69) is 22.1 Å². The molecule has 3 N–H and O–H groups in total. The van der Waals surface area contributed by atoms with Gasteiger partial charge < -0.3 is 11.1 Å².